The molecule has 0 bridgehead atoms. The number of H-pyrrole nitrogens is 1. The third-order valence-corrected chi connectivity index (χ3v) is 4.48. The van der Waals surface area contributed by atoms with E-state index in [9.17, 15) is 0 Å². The van der Waals surface area contributed by atoms with Crippen LogP contribution < -0.4 is 11.2 Å². The van der Waals surface area contributed by atoms with E-state index in [2.05, 4.69) is 44.2 Å². The van der Waals surface area contributed by atoms with Gasteiger partial charge in [-0.05, 0) is 35.7 Å². The van der Waals surface area contributed by atoms with E-state index in [0.29, 0.717) is 12.1 Å². The Hall–Kier alpha value is -3.51. The SMILES string of the molecule is C=C(N/N=C/c1ccc2nccnc2c1)C(N)Cc1c[nH]c2ccccc12. The molecule has 2 heterocycles. The summed E-state index contributed by atoms with van der Waals surface area (Å²) in [4.78, 5) is 11.8. The van der Waals surface area contributed by atoms with E-state index in [1.165, 1.54) is 5.39 Å². The predicted molar refractivity (Wildman–Crippen MR) is 109 cm³/mol. The maximum absolute atomic E-state index is 6.29. The van der Waals surface area contributed by atoms with Crippen molar-refractivity contribution >= 4 is 28.2 Å². The summed E-state index contributed by atoms with van der Waals surface area (Å²) in [5.74, 6) is 0. The van der Waals surface area contributed by atoms with E-state index in [-0.39, 0.29) is 6.04 Å². The number of benzene rings is 2. The quantitative estimate of drug-likeness (QED) is 0.366. The zero-order chi connectivity index (χ0) is 18.6. The zero-order valence-electron chi connectivity index (χ0n) is 14.8. The Labute approximate surface area is 156 Å². The number of fused-ring (bicyclic) bond motifs is 2. The lowest BCUT2D eigenvalue weighted by Gasteiger charge is -2.13. The van der Waals surface area contributed by atoms with Crippen LogP contribution in [0.4, 0.5) is 0 Å². The van der Waals surface area contributed by atoms with Crippen LogP contribution >= 0.6 is 0 Å². The summed E-state index contributed by atoms with van der Waals surface area (Å²) in [5.41, 5.74) is 14.8. The van der Waals surface area contributed by atoms with Crippen molar-refractivity contribution in [2.45, 2.75) is 12.5 Å². The highest BCUT2D eigenvalue weighted by Crippen LogP contribution is 2.19. The maximum atomic E-state index is 6.29. The van der Waals surface area contributed by atoms with Crippen molar-refractivity contribution in [3.05, 3.63) is 84.5 Å². The van der Waals surface area contributed by atoms with Gasteiger partial charge in [-0.25, -0.2) is 0 Å². The topological polar surface area (TPSA) is 92.0 Å². The molecule has 4 N–H and O–H groups in total. The Kier molecular flexibility index (Phi) is 4.63. The minimum Gasteiger partial charge on any atom is -0.361 e. The molecule has 4 aromatic rings. The molecule has 0 aliphatic carbocycles. The number of nitrogens with two attached hydrogens (primary N) is 1. The molecule has 0 radical (unpaired) electrons. The number of aromatic amines is 1. The Balaban J connectivity index is 1.39. The van der Waals surface area contributed by atoms with Gasteiger partial charge in [0, 0.05) is 41.2 Å². The largest absolute Gasteiger partial charge is 0.361 e. The van der Waals surface area contributed by atoms with Gasteiger partial charge >= 0.3 is 0 Å². The molecule has 0 spiro atoms. The van der Waals surface area contributed by atoms with Gasteiger partial charge in [0.2, 0.25) is 0 Å². The first kappa shape index (κ1) is 16.9. The zero-order valence-corrected chi connectivity index (χ0v) is 14.8. The molecule has 0 aliphatic rings. The summed E-state index contributed by atoms with van der Waals surface area (Å²) in [6.07, 6.45) is 7.75. The highest BCUT2D eigenvalue weighted by molar-refractivity contribution is 5.86. The van der Waals surface area contributed by atoms with E-state index in [1.54, 1.807) is 18.6 Å². The first-order chi connectivity index (χ1) is 13.2. The van der Waals surface area contributed by atoms with Crippen LogP contribution in [0.15, 0.2) is 78.4 Å². The molecule has 0 saturated heterocycles. The maximum Gasteiger partial charge on any atom is 0.0893 e. The average molecular weight is 356 g/mol. The molecule has 0 aliphatic heterocycles. The van der Waals surface area contributed by atoms with Crippen LogP contribution in [-0.4, -0.2) is 27.2 Å². The molecule has 134 valence electrons. The summed E-state index contributed by atoms with van der Waals surface area (Å²) >= 11 is 0. The molecule has 6 heteroatoms. The number of aromatic nitrogens is 3. The van der Waals surface area contributed by atoms with Gasteiger partial charge in [0.05, 0.1) is 17.2 Å². The van der Waals surface area contributed by atoms with Gasteiger partial charge in [-0.15, -0.1) is 0 Å². The molecule has 1 unspecified atom stereocenters. The highest BCUT2D eigenvalue weighted by atomic mass is 15.3. The smallest absolute Gasteiger partial charge is 0.0893 e. The van der Waals surface area contributed by atoms with Gasteiger partial charge in [0.25, 0.3) is 0 Å². The van der Waals surface area contributed by atoms with Gasteiger partial charge < -0.3 is 10.7 Å². The second kappa shape index (κ2) is 7.39. The van der Waals surface area contributed by atoms with E-state index in [0.717, 1.165) is 27.7 Å². The second-order valence-electron chi connectivity index (χ2n) is 6.37. The molecule has 2 aromatic carbocycles. The minimum atomic E-state index is -0.246. The third kappa shape index (κ3) is 3.70. The fraction of sp³-hybridized carbons (Fsp3) is 0.0952. The Morgan fingerprint density at radius 2 is 2.00 bits per heavy atom. The molecular formula is C21H20N6. The molecular weight excluding hydrogens is 336 g/mol. The number of hydrogen-bond donors (Lipinski definition) is 3. The number of nitrogens with one attached hydrogen (secondary N) is 2. The van der Waals surface area contributed by atoms with Gasteiger partial charge in [0.15, 0.2) is 0 Å². The first-order valence-electron chi connectivity index (χ1n) is 8.70. The lowest BCUT2D eigenvalue weighted by atomic mass is 10.0. The minimum absolute atomic E-state index is 0.246. The number of para-hydroxylation sites is 1. The van der Waals surface area contributed by atoms with E-state index in [1.807, 2.05) is 36.5 Å². The molecule has 0 fully saturated rings. The molecule has 27 heavy (non-hydrogen) atoms. The van der Waals surface area contributed by atoms with Crippen LogP contribution in [0.5, 0.6) is 0 Å². The van der Waals surface area contributed by atoms with E-state index in [4.69, 9.17) is 5.73 Å². The predicted octanol–water partition coefficient (Wildman–Crippen LogP) is 3.12. The first-order valence-corrected chi connectivity index (χ1v) is 8.70. The molecule has 4 rings (SSSR count). The third-order valence-electron chi connectivity index (χ3n) is 4.48. The van der Waals surface area contributed by atoms with Crippen molar-refractivity contribution in [3.8, 4) is 0 Å². The standard InChI is InChI=1S/C21H20N6/c1-14(18(22)11-16-13-25-19-5-3-2-4-17(16)19)27-26-12-15-6-7-20-21(10-15)24-9-8-23-20/h2-10,12-13,18,25,27H,1,11,22H2/b26-12+. The van der Waals surface area contributed by atoms with Crippen molar-refractivity contribution in [1.29, 1.82) is 0 Å². The second-order valence-corrected chi connectivity index (χ2v) is 6.37. The lowest BCUT2D eigenvalue weighted by Crippen LogP contribution is -2.30. The fourth-order valence-corrected chi connectivity index (χ4v) is 2.99. The Morgan fingerprint density at radius 1 is 1.19 bits per heavy atom. The van der Waals surface area contributed by atoms with E-state index >= 15 is 0 Å². The van der Waals surface area contributed by atoms with Gasteiger partial charge in [-0.2, -0.15) is 5.10 Å². The van der Waals surface area contributed by atoms with Crippen molar-refractivity contribution in [2.24, 2.45) is 10.8 Å². The van der Waals surface area contributed by atoms with Crippen molar-refractivity contribution < 1.29 is 0 Å². The van der Waals surface area contributed by atoms with Crippen LogP contribution in [0, 0.1) is 0 Å². The summed E-state index contributed by atoms with van der Waals surface area (Å²) in [7, 11) is 0. The molecule has 1 atom stereocenters. The van der Waals surface area contributed by atoms with Crippen molar-refractivity contribution in [1.82, 2.24) is 20.4 Å². The van der Waals surface area contributed by atoms with Crippen LogP contribution in [0.25, 0.3) is 21.9 Å². The Morgan fingerprint density at radius 3 is 2.89 bits per heavy atom. The lowest BCUT2D eigenvalue weighted by molar-refractivity contribution is 0.691. The summed E-state index contributed by atoms with van der Waals surface area (Å²) in [6, 6.07) is 13.7. The summed E-state index contributed by atoms with van der Waals surface area (Å²) in [5, 5.41) is 5.43. The summed E-state index contributed by atoms with van der Waals surface area (Å²) < 4.78 is 0. The molecule has 0 saturated carbocycles. The van der Waals surface area contributed by atoms with Crippen molar-refractivity contribution in [3.63, 3.8) is 0 Å². The van der Waals surface area contributed by atoms with Gasteiger partial charge in [-0.3, -0.25) is 15.4 Å². The van der Waals surface area contributed by atoms with E-state index < -0.39 is 0 Å². The monoisotopic (exact) mass is 356 g/mol. The fourth-order valence-electron chi connectivity index (χ4n) is 2.99. The van der Waals surface area contributed by atoms with Crippen molar-refractivity contribution in [2.75, 3.05) is 0 Å². The summed E-state index contributed by atoms with van der Waals surface area (Å²) in [6.45, 7) is 4.01. The average Bonchev–Trinajstić information content (AvgIpc) is 3.11. The molecule has 6 nitrogen and oxygen atoms in total. The Bertz CT molecular complexity index is 1130. The van der Waals surface area contributed by atoms with Gasteiger partial charge in [-0.1, -0.05) is 30.8 Å². The normalized spacial score (nSPS) is 12.6. The van der Waals surface area contributed by atoms with Crippen LogP contribution in [0.1, 0.15) is 11.1 Å². The van der Waals surface area contributed by atoms with Crippen LogP contribution in [0.3, 0.4) is 0 Å². The van der Waals surface area contributed by atoms with Gasteiger partial charge in [0.1, 0.15) is 0 Å². The highest BCUT2D eigenvalue weighted by Gasteiger charge is 2.11. The number of hydrogen-bond acceptors (Lipinski definition) is 5. The molecule has 2 aromatic heterocycles. The van der Waals surface area contributed by atoms with Crippen LogP contribution in [0.2, 0.25) is 0 Å². The number of nitrogens with zero attached hydrogens (tertiary/aromatic N) is 3. The van der Waals surface area contributed by atoms with Crippen LogP contribution in [-0.2, 0) is 6.42 Å². The molecule has 0 amide bonds. The number of hydrazone groups is 1. The number of rotatable bonds is 6.